The lowest BCUT2D eigenvalue weighted by atomic mass is 10.0. The third kappa shape index (κ3) is 4.73. The number of para-hydroxylation sites is 4. The van der Waals surface area contributed by atoms with E-state index in [2.05, 4.69) is 215 Å². The van der Waals surface area contributed by atoms with Gasteiger partial charge in [-0.25, -0.2) is 0 Å². The van der Waals surface area contributed by atoms with Gasteiger partial charge in [0.15, 0.2) is 19.6 Å². The first kappa shape index (κ1) is 32.8. The Bertz CT molecular complexity index is 3250. The topological polar surface area (TPSA) is 19.1 Å². The Hall–Kier alpha value is -7.40. The molecule has 1 aliphatic rings. The van der Waals surface area contributed by atoms with Crippen LogP contribution in [0.4, 0.5) is 0 Å². The minimum absolute atomic E-state index is 0.880. The Morgan fingerprint density at radius 1 is 0.328 bits per heavy atom. The molecule has 0 bridgehead atoms. The van der Waals surface area contributed by atoms with E-state index >= 15 is 0 Å². The fourth-order valence-electron chi connectivity index (χ4n) is 9.75. The van der Waals surface area contributed by atoms with Crippen LogP contribution in [0.3, 0.4) is 0 Å². The number of ether oxygens (including phenoxy) is 1. The summed E-state index contributed by atoms with van der Waals surface area (Å²) in [5, 5.41) is 10.4. The van der Waals surface area contributed by atoms with Crippen molar-refractivity contribution < 1.29 is 4.74 Å². The lowest BCUT2D eigenvalue weighted by molar-refractivity contribution is 0.476. The molecule has 0 spiro atoms. The molecule has 0 unspecified atom stereocenters. The SMILES string of the molecule is c1ccc([Si](c2ccccc2)(c2ccccc2)c2ccc3c(c2)c2ccccc2n3-c2ccc(-c3ccc4c(c3)c3cccc5c3n4-c3ccccc3O5)cc2)cc1. The summed E-state index contributed by atoms with van der Waals surface area (Å²) in [7, 11) is -2.69. The van der Waals surface area contributed by atoms with Crippen molar-refractivity contribution in [2.75, 3.05) is 0 Å². The van der Waals surface area contributed by atoms with Gasteiger partial charge in [0.2, 0.25) is 0 Å². The molecule has 0 saturated carbocycles. The van der Waals surface area contributed by atoms with Crippen molar-refractivity contribution >= 4 is 72.4 Å². The Morgan fingerprint density at radius 3 is 1.59 bits per heavy atom. The van der Waals surface area contributed by atoms with Crippen LogP contribution < -0.4 is 25.5 Å². The van der Waals surface area contributed by atoms with Crippen LogP contribution in [0.1, 0.15) is 0 Å². The highest BCUT2D eigenvalue weighted by Crippen LogP contribution is 2.46. The number of fused-ring (bicyclic) bond motifs is 8. The number of benzene rings is 9. The monoisotopic (exact) mass is 756 g/mol. The fraction of sp³-hybridized carbons (Fsp3) is 0. The predicted octanol–water partition coefficient (Wildman–Crippen LogP) is 11.0. The van der Waals surface area contributed by atoms with Crippen molar-refractivity contribution in [2.45, 2.75) is 0 Å². The van der Waals surface area contributed by atoms with Crippen LogP contribution in [0, 0.1) is 0 Å². The zero-order valence-corrected chi connectivity index (χ0v) is 32.6. The summed E-state index contributed by atoms with van der Waals surface area (Å²) >= 11 is 0. The first-order chi connectivity index (χ1) is 28.8. The first-order valence-corrected chi connectivity index (χ1v) is 21.9. The van der Waals surface area contributed by atoms with E-state index in [4.69, 9.17) is 4.74 Å². The molecular weight excluding hydrogens is 721 g/mol. The standard InChI is InChI=1S/C54H36N2OSi/c1-4-15-40(16-5-1)58(41-17-6-2-7-18-41,42-19-8-3-9-20-42)43-32-34-49-47(36-43)44-21-10-11-23-48(44)55(49)39-30-27-37(28-31-39)38-29-33-50-46(35-38)45-22-14-26-53-54(45)56(50)51-24-12-13-25-52(51)57-53/h1-36H. The summed E-state index contributed by atoms with van der Waals surface area (Å²) in [6.45, 7) is 0. The van der Waals surface area contributed by atoms with Crippen molar-refractivity contribution in [2.24, 2.45) is 0 Å². The van der Waals surface area contributed by atoms with Crippen LogP contribution in [0.5, 0.6) is 11.5 Å². The van der Waals surface area contributed by atoms with Crippen LogP contribution >= 0.6 is 0 Å². The first-order valence-electron chi connectivity index (χ1n) is 19.9. The van der Waals surface area contributed by atoms with Gasteiger partial charge < -0.3 is 13.9 Å². The van der Waals surface area contributed by atoms with Gasteiger partial charge in [0.05, 0.1) is 27.8 Å². The maximum absolute atomic E-state index is 6.37. The van der Waals surface area contributed by atoms with Crippen molar-refractivity contribution in [3.8, 4) is 34.0 Å². The van der Waals surface area contributed by atoms with Gasteiger partial charge in [-0.3, -0.25) is 0 Å². The molecule has 3 nitrogen and oxygen atoms in total. The molecule has 11 aromatic rings. The molecule has 1 aliphatic heterocycles. The summed E-state index contributed by atoms with van der Waals surface area (Å²) in [4.78, 5) is 0. The van der Waals surface area contributed by atoms with E-state index in [1.54, 1.807) is 0 Å². The maximum atomic E-state index is 6.37. The van der Waals surface area contributed by atoms with Crippen LogP contribution in [0.25, 0.3) is 66.1 Å². The van der Waals surface area contributed by atoms with Crippen LogP contribution in [0.2, 0.25) is 0 Å². The fourth-order valence-corrected chi connectivity index (χ4v) is 14.5. The summed E-state index contributed by atoms with van der Waals surface area (Å²) in [6.07, 6.45) is 0. The molecule has 0 aliphatic carbocycles. The van der Waals surface area contributed by atoms with Gasteiger partial charge in [-0.15, -0.1) is 0 Å². The van der Waals surface area contributed by atoms with E-state index < -0.39 is 8.07 Å². The molecule has 0 saturated heterocycles. The molecule has 0 N–H and O–H groups in total. The number of aromatic nitrogens is 2. The number of hydrogen-bond donors (Lipinski definition) is 0. The van der Waals surface area contributed by atoms with Gasteiger partial charge >= 0.3 is 0 Å². The highest BCUT2D eigenvalue weighted by Gasteiger charge is 2.41. The maximum Gasteiger partial charge on any atom is 0.179 e. The van der Waals surface area contributed by atoms with Crippen LogP contribution in [-0.2, 0) is 0 Å². The Labute approximate surface area is 337 Å². The van der Waals surface area contributed by atoms with Crippen molar-refractivity contribution in [3.05, 3.63) is 218 Å². The molecule has 58 heavy (non-hydrogen) atoms. The van der Waals surface area contributed by atoms with Gasteiger partial charge in [0.1, 0.15) is 0 Å². The number of nitrogens with zero attached hydrogens (tertiary/aromatic N) is 2. The van der Waals surface area contributed by atoms with E-state index in [-0.39, 0.29) is 0 Å². The number of hydrogen-bond acceptors (Lipinski definition) is 1. The second-order valence-corrected chi connectivity index (χ2v) is 19.1. The van der Waals surface area contributed by atoms with Gasteiger partial charge in [-0.05, 0) is 86.5 Å². The molecule has 272 valence electrons. The summed E-state index contributed by atoms with van der Waals surface area (Å²) in [5.41, 5.74) is 9.29. The largest absolute Gasteiger partial charge is 0.453 e. The Kier molecular flexibility index (Phi) is 7.25. The molecule has 0 atom stereocenters. The molecule has 2 aromatic heterocycles. The van der Waals surface area contributed by atoms with Gasteiger partial charge in [0, 0.05) is 27.2 Å². The van der Waals surface area contributed by atoms with Gasteiger partial charge in [0.25, 0.3) is 0 Å². The second kappa shape index (κ2) is 12.8. The molecule has 4 heteroatoms. The average Bonchev–Trinajstić information content (AvgIpc) is 3.81. The van der Waals surface area contributed by atoms with Gasteiger partial charge in [-0.1, -0.05) is 164 Å². The van der Waals surface area contributed by atoms with E-state index in [0.29, 0.717) is 0 Å². The molecular formula is C54H36N2OSi. The number of rotatable bonds is 6. The van der Waals surface area contributed by atoms with Crippen LogP contribution in [-0.4, -0.2) is 17.2 Å². The zero-order valence-electron chi connectivity index (χ0n) is 31.6. The van der Waals surface area contributed by atoms with Crippen molar-refractivity contribution in [1.29, 1.82) is 0 Å². The van der Waals surface area contributed by atoms with Crippen LogP contribution in [0.15, 0.2) is 218 Å². The molecule has 12 rings (SSSR count). The van der Waals surface area contributed by atoms with Crippen molar-refractivity contribution in [1.82, 2.24) is 9.13 Å². The summed E-state index contributed by atoms with van der Waals surface area (Å²) in [6, 6.07) is 80.2. The third-order valence-corrected chi connectivity index (χ3v) is 17.0. The smallest absolute Gasteiger partial charge is 0.179 e. The third-order valence-electron chi connectivity index (χ3n) is 12.3. The minimum Gasteiger partial charge on any atom is -0.453 e. The summed E-state index contributed by atoms with van der Waals surface area (Å²) in [5.74, 6) is 1.77. The minimum atomic E-state index is -2.69. The zero-order chi connectivity index (χ0) is 38.2. The lowest BCUT2D eigenvalue weighted by Gasteiger charge is -2.34. The quantitative estimate of drug-likeness (QED) is 0.122. The van der Waals surface area contributed by atoms with E-state index in [9.17, 15) is 0 Å². The molecule has 3 heterocycles. The highest BCUT2D eigenvalue weighted by atomic mass is 28.3. The molecule has 0 amide bonds. The Balaban J connectivity index is 1.01. The highest BCUT2D eigenvalue weighted by molar-refractivity contribution is 7.20. The molecule has 0 fully saturated rings. The van der Waals surface area contributed by atoms with E-state index in [1.165, 1.54) is 70.0 Å². The Morgan fingerprint density at radius 2 is 0.862 bits per heavy atom. The van der Waals surface area contributed by atoms with Gasteiger partial charge in [-0.2, -0.15) is 0 Å². The predicted molar refractivity (Wildman–Crippen MR) is 244 cm³/mol. The molecule has 0 radical (unpaired) electrons. The normalized spacial score (nSPS) is 12.3. The average molecular weight is 757 g/mol. The van der Waals surface area contributed by atoms with Crippen molar-refractivity contribution in [3.63, 3.8) is 0 Å². The second-order valence-electron chi connectivity index (χ2n) is 15.3. The summed E-state index contributed by atoms with van der Waals surface area (Å²) < 4.78 is 11.1. The lowest BCUT2D eigenvalue weighted by Crippen LogP contribution is -2.74. The van der Waals surface area contributed by atoms with E-state index in [0.717, 1.165) is 28.4 Å². The van der Waals surface area contributed by atoms with E-state index in [1.807, 2.05) is 12.1 Å². The molecule has 9 aromatic carbocycles.